The van der Waals surface area contributed by atoms with Gasteiger partial charge < -0.3 is 0 Å². The summed E-state index contributed by atoms with van der Waals surface area (Å²) in [5.74, 6) is -0.714. The number of fused-ring (bicyclic) bond motifs is 1. The number of rotatable bonds is 3. The molecule has 0 saturated heterocycles. The molecule has 0 radical (unpaired) electrons. The second kappa shape index (κ2) is 5.94. The average Bonchev–Trinajstić information content (AvgIpc) is 3.03. The molecular weight excluding hydrogens is 326 g/mol. The van der Waals surface area contributed by atoms with Crippen molar-refractivity contribution < 1.29 is 8.78 Å². The highest BCUT2D eigenvalue weighted by Crippen LogP contribution is 2.14. The molecule has 0 fully saturated rings. The topological polar surface area (TPSA) is 52.7 Å². The van der Waals surface area contributed by atoms with Gasteiger partial charge in [-0.05, 0) is 42.0 Å². The van der Waals surface area contributed by atoms with Crippen molar-refractivity contribution in [2.45, 2.75) is 6.54 Å². The predicted octanol–water partition coefficient (Wildman–Crippen LogP) is 2.91. The molecule has 0 aliphatic rings. The van der Waals surface area contributed by atoms with Gasteiger partial charge in [-0.2, -0.15) is 5.10 Å². The van der Waals surface area contributed by atoms with Crippen LogP contribution in [0.1, 0.15) is 5.56 Å². The van der Waals surface area contributed by atoms with E-state index in [1.165, 1.54) is 46.0 Å². The number of nitrogens with zero attached hydrogens (tertiary/aromatic N) is 4. The summed E-state index contributed by atoms with van der Waals surface area (Å²) in [5, 5.41) is 4.51. The van der Waals surface area contributed by atoms with Gasteiger partial charge in [-0.3, -0.25) is 9.36 Å². The maximum atomic E-state index is 13.3. The average molecular weight is 338 g/mol. The van der Waals surface area contributed by atoms with Crippen LogP contribution >= 0.6 is 0 Å². The molecule has 0 unspecified atom stereocenters. The summed E-state index contributed by atoms with van der Waals surface area (Å²) in [6.45, 7) is 0.210. The van der Waals surface area contributed by atoms with E-state index in [0.717, 1.165) is 0 Å². The lowest BCUT2D eigenvalue weighted by Crippen LogP contribution is -2.21. The first-order valence-electron chi connectivity index (χ1n) is 7.55. The first-order chi connectivity index (χ1) is 12.1. The molecule has 5 nitrogen and oxygen atoms in total. The van der Waals surface area contributed by atoms with Crippen LogP contribution < -0.4 is 5.56 Å². The molecule has 0 spiro atoms. The number of hydrogen-bond donors (Lipinski definition) is 0. The van der Waals surface area contributed by atoms with Gasteiger partial charge in [-0.15, -0.1) is 0 Å². The first kappa shape index (κ1) is 15.2. The van der Waals surface area contributed by atoms with Gasteiger partial charge in [-0.1, -0.05) is 12.1 Å². The molecule has 0 amide bonds. The molecule has 0 atom stereocenters. The van der Waals surface area contributed by atoms with Crippen molar-refractivity contribution in [3.63, 3.8) is 0 Å². The van der Waals surface area contributed by atoms with E-state index in [1.807, 2.05) is 0 Å². The Morgan fingerprint density at radius 2 is 1.80 bits per heavy atom. The Labute approximate surface area is 140 Å². The smallest absolute Gasteiger partial charge is 0.264 e. The van der Waals surface area contributed by atoms with Crippen LogP contribution in [0.4, 0.5) is 8.78 Å². The molecule has 124 valence electrons. The molecule has 0 N–H and O–H groups in total. The summed E-state index contributed by atoms with van der Waals surface area (Å²) in [4.78, 5) is 16.9. The van der Waals surface area contributed by atoms with Crippen LogP contribution in [-0.4, -0.2) is 19.3 Å². The van der Waals surface area contributed by atoms with Gasteiger partial charge in [0.15, 0.2) is 5.65 Å². The largest absolute Gasteiger partial charge is 0.294 e. The van der Waals surface area contributed by atoms with Crippen LogP contribution in [0.3, 0.4) is 0 Å². The zero-order valence-corrected chi connectivity index (χ0v) is 12.9. The van der Waals surface area contributed by atoms with Gasteiger partial charge in [-0.25, -0.2) is 18.4 Å². The summed E-state index contributed by atoms with van der Waals surface area (Å²) in [6.07, 6.45) is 2.83. The van der Waals surface area contributed by atoms with Gasteiger partial charge in [0.25, 0.3) is 5.56 Å². The van der Waals surface area contributed by atoms with E-state index in [0.29, 0.717) is 22.3 Å². The van der Waals surface area contributed by atoms with Crippen LogP contribution in [0.5, 0.6) is 0 Å². The summed E-state index contributed by atoms with van der Waals surface area (Å²) in [7, 11) is 0. The highest BCUT2D eigenvalue weighted by Gasteiger charge is 2.12. The Bertz CT molecular complexity index is 1120. The van der Waals surface area contributed by atoms with Crippen molar-refractivity contribution in [1.82, 2.24) is 19.3 Å². The minimum atomic E-state index is -0.358. The fourth-order valence-corrected chi connectivity index (χ4v) is 2.66. The van der Waals surface area contributed by atoms with E-state index >= 15 is 0 Å². The van der Waals surface area contributed by atoms with E-state index < -0.39 is 0 Å². The van der Waals surface area contributed by atoms with Crippen molar-refractivity contribution in [2.75, 3.05) is 0 Å². The molecule has 0 aliphatic carbocycles. The third-order valence-corrected chi connectivity index (χ3v) is 3.87. The minimum absolute atomic E-state index is 0.210. The molecule has 2 heterocycles. The van der Waals surface area contributed by atoms with Crippen LogP contribution in [0.2, 0.25) is 0 Å². The van der Waals surface area contributed by atoms with Crippen LogP contribution in [0.15, 0.2) is 65.8 Å². The lowest BCUT2D eigenvalue weighted by atomic mass is 10.2. The summed E-state index contributed by atoms with van der Waals surface area (Å²) < 4.78 is 29.2. The third-order valence-electron chi connectivity index (χ3n) is 3.87. The molecule has 2 aromatic heterocycles. The molecule has 25 heavy (non-hydrogen) atoms. The molecule has 7 heteroatoms. The zero-order valence-electron chi connectivity index (χ0n) is 12.9. The standard InChI is InChI=1S/C18H12F2N4O/c19-13-4-6-15(7-5-13)24-17-16(9-22-24)18(25)23(11-21-17)10-12-2-1-3-14(20)8-12/h1-9,11H,10H2. The van der Waals surface area contributed by atoms with Crippen molar-refractivity contribution in [3.05, 3.63) is 88.6 Å². The van der Waals surface area contributed by atoms with Gasteiger partial charge >= 0.3 is 0 Å². The maximum Gasteiger partial charge on any atom is 0.264 e. The molecule has 0 bridgehead atoms. The van der Waals surface area contributed by atoms with Crippen molar-refractivity contribution >= 4 is 11.0 Å². The molecule has 0 saturated carbocycles. The van der Waals surface area contributed by atoms with E-state index in [-0.39, 0.29) is 23.7 Å². The second-order valence-electron chi connectivity index (χ2n) is 5.58. The molecule has 2 aromatic carbocycles. The normalized spacial score (nSPS) is 11.1. The number of hydrogen-bond acceptors (Lipinski definition) is 3. The third kappa shape index (κ3) is 2.80. The van der Waals surface area contributed by atoms with E-state index in [1.54, 1.807) is 24.3 Å². The van der Waals surface area contributed by atoms with Crippen molar-refractivity contribution in [1.29, 1.82) is 0 Å². The van der Waals surface area contributed by atoms with Crippen molar-refractivity contribution in [2.24, 2.45) is 0 Å². The fraction of sp³-hybridized carbons (Fsp3) is 0.0556. The molecular formula is C18H12F2N4O. The minimum Gasteiger partial charge on any atom is -0.294 e. The Balaban J connectivity index is 1.77. The van der Waals surface area contributed by atoms with Crippen LogP contribution in [0, 0.1) is 11.6 Å². The summed E-state index contributed by atoms with van der Waals surface area (Å²) >= 11 is 0. The molecule has 4 rings (SSSR count). The lowest BCUT2D eigenvalue weighted by Gasteiger charge is -2.06. The summed E-state index contributed by atoms with van der Waals surface area (Å²) in [5.41, 5.74) is 1.37. The van der Waals surface area contributed by atoms with Gasteiger partial charge in [0.2, 0.25) is 0 Å². The SMILES string of the molecule is O=c1c2cnn(-c3ccc(F)cc3)c2ncn1Cc1cccc(F)c1. The number of benzene rings is 2. The van der Waals surface area contributed by atoms with Crippen LogP contribution in [-0.2, 0) is 6.54 Å². The van der Waals surface area contributed by atoms with Gasteiger partial charge in [0, 0.05) is 0 Å². The second-order valence-corrected chi connectivity index (χ2v) is 5.58. The van der Waals surface area contributed by atoms with Crippen molar-refractivity contribution in [3.8, 4) is 5.69 Å². The number of halogens is 2. The predicted molar refractivity (Wildman–Crippen MR) is 88.6 cm³/mol. The Morgan fingerprint density at radius 1 is 1.00 bits per heavy atom. The fourth-order valence-electron chi connectivity index (χ4n) is 2.66. The highest BCUT2D eigenvalue weighted by molar-refractivity contribution is 5.74. The maximum absolute atomic E-state index is 13.3. The summed E-state index contributed by atoms with van der Waals surface area (Å²) in [6, 6.07) is 11.8. The Kier molecular flexibility index (Phi) is 3.61. The van der Waals surface area contributed by atoms with Gasteiger partial charge in [0.1, 0.15) is 23.3 Å². The number of aromatic nitrogens is 4. The lowest BCUT2D eigenvalue weighted by molar-refractivity contribution is 0.622. The highest BCUT2D eigenvalue weighted by atomic mass is 19.1. The van der Waals surface area contributed by atoms with E-state index in [9.17, 15) is 13.6 Å². The zero-order chi connectivity index (χ0) is 17.4. The molecule has 0 aliphatic heterocycles. The Morgan fingerprint density at radius 3 is 2.56 bits per heavy atom. The van der Waals surface area contributed by atoms with E-state index in [2.05, 4.69) is 10.1 Å². The molecule has 4 aromatic rings. The van der Waals surface area contributed by atoms with Crippen LogP contribution in [0.25, 0.3) is 16.7 Å². The first-order valence-corrected chi connectivity index (χ1v) is 7.55. The Hall–Kier alpha value is -3.35. The van der Waals surface area contributed by atoms with E-state index in [4.69, 9.17) is 0 Å². The quantitative estimate of drug-likeness (QED) is 0.577. The monoisotopic (exact) mass is 338 g/mol. The van der Waals surface area contributed by atoms with Gasteiger partial charge in [0.05, 0.1) is 18.4 Å².